The Morgan fingerprint density at radius 3 is 2.52 bits per heavy atom. The summed E-state index contributed by atoms with van der Waals surface area (Å²) < 4.78 is 0. The molecule has 1 amide bonds. The number of rotatable bonds is 6. The maximum atomic E-state index is 12.5. The number of amides is 1. The Hall–Kier alpha value is -1.87. The van der Waals surface area contributed by atoms with Gasteiger partial charge in [-0.15, -0.1) is 0 Å². The third-order valence-corrected chi connectivity index (χ3v) is 3.72. The molecular weight excluding hydrogens is 260 g/mol. The molecule has 0 radical (unpaired) electrons. The van der Waals surface area contributed by atoms with Crippen molar-refractivity contribution >= 4 is 16.7 Å². The van der Waals surface area contributed by atoms with Crippen LogP contribution in [0.3, 0.4) is 0 Å². The van der Waals surface area contributed by atoms with Crippen molar-refractivity contribution in [3.8, 4) is 0 Å². The summed E-state index contributed by atoms with van der Waals surface area (Å²) in [6.45, 7) is 5.46. The molecule has 0 saturated heterocycles. The zero-order chi connectivity index (χ0) is 15.2. The Balaban J connectivity index is 2.12. The number of benzene rings is 2. The molecule has 0 unspecified atom stereocenters. The maximum absolute atomic E-state index is 12.5. The van der Waals surface area contributed by atoms with E-state index in [0.29, 0.717) is 13.0 Å². The van der Waals surface area contributed by atoms with E-state index in [4.69, 9.17) is 5.73 Å². The van der Waals surface area contributed by atoms with Crippen molar-refractivity contribution in [1.82, 2.24) is 4.90 Å². The number of carbonyl (C=O) groups excluding carboxylic acids is 1. The van der Waals surface area contributed by atoms with E-state index in [-0.39, 0.29) is 11.9 Å². The molecule has 0 aliphatic rings. The molecule has 112 valence electrons. The molecule has 3 heteroatoms. The number of nitrogens with zero attached hydrogens (tertiary/aromatic N) is 1. The van der Waals surface area contributed by atoms with Crippen LogP contribution in [0, 0.1) is 0 Å². The minimum absolute atomic E-state index is 0.175. The average Bonchev–Trinajstić information content (AvgIpc) is 2.47. The second-order valence-electron chi connectivity index (χ2n) is 5.68. The summed E-state index contributed by atoms with van der Waals surface area (Å²) in [6, 6.07) is 14.7. The van der Waals surface area contributed by atoms with Gasteiger partial charge in [0.05, 0.1) is 6.42 Å². The quantitative estimate of drug-likeness (QED) is 0.886. The standard InChI is InChI=1S/C18H24N2O/c1-14(2)20(11-5-10-19)18(21)13-15-8-9-16-6-3-4-7-17(16)12-15/h3-4,6-9,12,14H,5,10-11,13,19H2,1-2H3. The highest BCUT2D eigenvalue weighted by Crippen LogP contribution is 2.17. The Morgan fingerprint density at radius 1 is 1.14 bits per heavy atom. The van der Waals surface area contributed by atoms with E-state index in [9.17, 15) is 4.79 Å². The van der Waals surface area contributed by atoms with Gasteiger partial charge in [-0.2, -0.15) is 0 Å². The minimum Gasteiger partial charge on any atom is -0.340 e. The van der Waals surface area contributed by atoms with Gasteiger partial charge in [-0.05, 0) is 43.1 Å². The SMILES string of the molecule is CC(C)N(CCCN)C(=O)Cc1ccc2ccccc2c1. The molecule has 0 spiro atoms. The van der Waals surface area contributed by atoms with Gasteiger partial charge >= 0.3 is 0 Å². The van der Waals surface area contributed by atoms with Crippen LogP contribution in [0.25, 0.3) is 10.8 Å². The molecule has 0 aromatic heterocycles. The highest BCUT2D eigenvalue weighted by Gasteiger charge is 2.16. The summed E-state index contributed by atoms with van der Waals surface area (Å²) in [5.74, 6) is 0.175. The van der Waals surface area contributed by atoms with E-state index >= 15 is 0 Å². The molecule has 0 bridgehead atoms. The molecule has 2 aromatic rings. The average molecular weight is 284 g/mol. The van der Waals surface area contributed by atoms with E-state index < -0.39 is 0 Å². The predicted octanol–water partition coefficient (Wildman–Crippen LogP) is 2.97. The van der Waals surface area contributed by atoms with Crippen LogP contribution in [0.2, 0.25) is 0 Å². The largest absolute Gasteiger partial charge is 0.340 e. The van der Waals surface area contributed by atoms with Gasteiger partial charge < -0.3 is 10.6 Å². The predicted molar refractivity (Wildman–Crippen MR) is 88.2 cm³/mol. The second kappa shape index (κ2) is 7.23. The molecular formula is C18H24N2O. The fourth-order valence-electron chi connectivity index (χ4n) is 2.56. The zero-order valence-corrected chi connectivity index (χ0v) is 12.9. The lowest BCUT2D eigenvalue weighted by atomic mass is 10.0. The number of hydrogen-bond donors (Lipinski definition) is 1. The van der Waals surface area contributed by atoms with Gasteiger partial charge in [0, 0.05) is 12.6 Å². The summed E-state index contributed by atoms with van der Waals surface area (Å²) in [7, 11) is 0. The normalized spacial score (nSPS) is 11.0. The van der Waals surface area contributed by atoms with Crippen LogP contribution in [0.15, 0.2) is 42.5 Å². The Morgan fingerprint density at radius 2 is 1.86 bits per heavy atom. The van der Waals surface area contributed by atoms with Gasteiger partial charge in [0.15, 0.2) is 0 Å². The van der Waals surface area contributed by atoms with E-state index in [1.54, 1.807) is 0 Å². The Kier molecular flexibility index (Phi) is 5.34. The third kappa shape index (κ3) is 4.05. The first-order chi connectivity index (χ1) is 10.1. The van der Waals surface area contributed by atoms with Crippen molar-refractivity contribution in [2.75, 3.05) is 13.1 Å². The second-order valence-corrected chi connectivity index (χ2v) is 5.68. The summed E-state index contributed by atoms with van der Waals surface area (Å²) in [4.78, 5) is 14.4. The van der Waals surface area contributed by atoms with Gasteiger partial charge in [-0.1, -0.05) is 42.5 Å². The number of nitrogens with two attached hydrogens (primary N) is 1. The molecule has 0 aliphatic carbocycles. The van der Waals surface area contributed by atoms with Crippen LogP contribution in [0.1, 0.15) is 25.8 Å². The third-order valence-electron chi connectivity index (χ3n) is 3.72. The fraction of sp³-hybridized carbons (Fsp3) is 0.389. The van der Waals surface area contributed by atoms with Crippen molar-refractivity contribution in [2.24, 2.45) is 5.73 Å². The molecule has 2 N–H and O–H groups in total. The van der Waals surface area contributed by atoms with E-state index in [1.807, 2.05) is 23.1 Å². The van der Waals surface area contributed by atoms with Crippen LogP contribution < -0.4 is 5.73 Å². The maximum Gasteiger partial charge on any atom is 0.227 e. The first kappa shape index (κ1) is 15.5. The number of carbonyl (C=O) groups is 1. The molecule has 3 nitrogen and oxygen atoms in total. The topological polar surface area (TPSA) is 46.3 Å². The van der Waals surface area contributed by atoms with Gasteiger partial charge in [0.25, 0.3) is 0 Å². The van der Waals surface area contributed by atoms with E-state index in [1.165, 1.54) is 10.8 Å². The van der Waals surface area contributed by atoms with Gasteiger partial charge in [-0.3, -0.25) is 4.79 Å². The lowest BCUT2D eigenvalue weighted by molar-refractivity contribution is -0.132. The first-order valence-electron chi connectivity index (χ1n) is 7.59. The van der Waals surface area contributed by atoms with Crippen molar-refractivity contribution in [3.05, 3.63) is 48.0 Å². The van der Waals surface area contributed by atoms with Crippen LogP contribution in [-0.2, 0) is 11.2 Å². The van der Waals surface area contributed by atoms with Crippen LogP contribution >= 0.6 is 0 Å². The number of hydrogen-bond acceptors (Lipinski definition) is 2. The van der Waals surface area contributed by atoms with Gasteiger partial charge in [-0.25, -0.2) is 0 Å². The van der Waals surface area contributed by atoms with Crippen molar-refractivity contribution in [2.45, 2.75) is 32.7 Å². The molecule has 2 aromatic carbocycles. The monoisotopic (exact) mass is 284 g/mol. The van der Waals surface area contributed by atoms with Gasteiger partial charge in [0.1, 0.15) is 0 Å². The summed E-state index contributed by atoms with van der Waals surface area (Å²) in [6.07, 6.45) is 1.30. The molecule has 0 atom stereocenters. The molecule has 0 fully saturated rings. The van der Waals surface area contributed by atoms with E-state index in [2.05, 4.69) is 38.1 Å². The Bertz CT molecular complexity index is 607. The fourth-order valence-corrected chi connectivity index (χ4v) is 2.56. The lowest BCUT2D eigenvalue weighted by Crippen LogP contribution is -2.39. The molecule has 0 saturated carbocycles. The van der Waals surface area contributed by atoms with Crippen molar-refractivity contribution in [3.63, 3.8) is 0 Å². The van der Waals surface area contributed by atoms with Crippen LogP contribution in [-0.4, -0.2) is 29.9 Å². The highest BCUT2D eigenvalue weighted by molar-refractivity contribution is 5.85. The minimum atomic E-state index is 0.175. The molecule has 0 aliphatic heterocycles. The van der Waals surface area contributed by atoms with Crippen molar-refractivity contribution < 1.29 is 4.79 Å². The van der Waals surface area contributed by atoms with Crippen molar-refractivity contribution in [1.29, 1.82) is 0 Å². The zero-order valence-electron chi connectivity index (χ0n) is 12.9. The molecule has 21 heavy (non-hydrogen) atoms. The first-order valence-corrected chi connectivity index (χ1v) is 7.59. The number of fused-ring (bicyclic) bond motifs is 1. The Labute approximate surface area is 126 Å². The summed E-state index contributed by atoms with van der Waals surface area (Å²) >= 11 is 0. The van der Waals surface area contributed by atoms with Gasteiger partial charge in [0.2, 0.25) is 5.91 Å². The molecule has 0 heterocycles. The molecule has 2 rings (SSSR count). The highest BCUT2D eigenvalue weighted by atomic mass is 16.2. The van der Waals surface area contributed by atoms with E-state index in [0.717, 1.165) is 18.5 Å². The summed E-state index contributed by atoms with van der Waals surface area (Å²) in [5, 5.41) is 2.39. The van der Waals surface area contributed by atoms with Crippen LogP contribution in [0.5, 0.6) is 0 Å². The van der Waals surface area contributed by atoms with Crippen LogP contribution in [0.4, 0.5) is 0 Å². The smallest absolute Gasteiger partial charge is 0.227 e. The lowest BCUT2D eigenvalue weighted by Gasteiger charge is -2.26. The summed E-state index contributed by atoms with van der Waals surface area (Å²) in [5.41, 5.74) is 6.62.